The summed E-state index contributed by atoms with van der Waals surface area (Å²) in [4.78, 5) is 19.3. The lowest BCUT2D eigenvalue weighted by Crippen LogP contribution is -2.06. The monoisotopic (exact) mass is 315 g/mol. The van der Waals surface area contributed by atoms with Gasteiger partial charge < -0.3 is 9.84 Å². The minimum atomic E-state index is -1.14. The number of carboxylic acid groups (broad SMARTS) is 1. The Hall–Kier alpha value is -2.67. The molecule has 3 rings (SSSR count). The molecule has 0 fully saturated rings. The molecule has 3 aromatic rings. The number of aromatic nitrogens is 2. The molecule has 0 spiro atoms. The van der Waals surface area contributed by atoms with Gasteiger partial charge in [0.05, 0.1) is 11.8 Å². The highest BCUT2D eigenvalue weighted by Gasteiger charge is 2.15. The van der Waals surface area contributed by atoms with Crippen molar-refractivity contribution in [2.24, 2.45) is 0 Å². The lowest BCUT2D eigenvalue weighted by molar-refractivity contribution is 0.209. The van der Waals surface area contributed by atoms with Crippen LogP contribution in [0.25, 0.3) is 21.3 Å². The number of hydrogen-bond donors (Lipinski definition) is 2. The van der Waals surface area contributed by atoms with Crippen LogP contribution in [0.1, 0.15) is 5.69 Å². The van der Waals surface area contributed by atoms with Gasteiger partial charge in [0, 0.05) is 17.5 Å². The van der Waals surface area contributed by atoms with Gasteiger partial charge in [0.1, 0.15) is 11.3 Å². The van der Waals surface area contributed by atoms with Crippen molar-refractivity contribution in [1.29, 1.82) is 0 Å². The molecule has 112 valence electrons. The van der Waals surface area contributed by atoms with Gasteiger partial charge in [-0.15, -0.1) is 0 Å². The van der Waals surface area contributed by atoms with E-state index in [0.717, 1.165) is 21.5 Å². The SMILES string of the molecule is COc1ccc(-c2ccnc(C)c2)c2sc(NC(=O)O)nc12. The van der Waals surface area contributed by atoms with Crippen LogP contribution in [0.15, 0.2) is 30.5 Å². The van der Waals surface area contributed by atoms with Gasteiger partial charge in [0.15, 0.2) is 5.13 Å². The number of methoxy groups -OCH3 is 1. The van der Waals surface area contributed by atoms with Crippen molar-refractivity contribution in [2.45, 2.75) is 6.92 Å². The fourth-order valence-electron chi connectivity index (χ4n) is 2.23. The quantitative estimate of drug-likeness (QED) is 0.768. The molecule has 0 saturated carbocycles. The van der Waals surface area contributed by atoms with Crippen molar-refractivity contribution >= 4 is 32.8 Å². The maximum absolute atomic E-state index is 10.8. The van der Waals surface area contributed by atoms with Gasteiger partial charge in [-0.25, -0.2) is 9.78 Å². The zero-order valence-electron chi connectivity index (χ0n) is 12.0. The number of nitrogens with one attached hydrogen (secondary N) is 1. The van der Waals surface area contributed by atoms with Gasteiger partial charge >= 0.3 is 6.09 Å². The van der Waals surface area contributed by atoms with E-state index in [2.05, 4.69) is 15.3 Å². The summed E-state index contributed by atoms with van der Waals surface area (Å²) in [6.07, 6.45) is 0.609. The summed E-state index contributed by atoms with van der Waals surface area (Å²) in [5.74, 6) is 0.610. The second kappa shape index (κ2) is 5.61. The Morgan fingerprint density at radius 2 is 2.18 bits per heavy atom. The van der Waals surface area contributed by atoms with Gasteiger partial charge in [-0.2, -0.15) is 0 Å². The number of anilines is 1. The zero-order chi connectivity index (χ0) is 15.7. The Morgan fingerprint density at radius 1 is 1.36 bits per heavy atom. The summed E-state index contributed by atoms with van der Waals surface area (Å²) in [6, 6.07) is 7.67. The standard InChI is InChI=1S/C15H13N3O3S/c1-8-7-9(5-6-16-8)10-3-4-11(21-2)12-13(10)22-14(17-12)18-15(19)20/h3-7H,1-2H3,(H,17,18)(H,19,20). The van der Waals surface area contributed by atoms with Gasteiger partial charge in [-0.3, -0.25) is 10.3 Å². The summed E-state index contributed by atoms with van der Waals surface area (Å²) >= 11 is 1.28. The van der Waals surface area contributed by atoms with Crippen molar-refractivity contribution in [2.75, 3.05) is 12.4 Å². The topological polar surface area (TPSA) is 84.3 Å². The van der Waals surface area contributed by atoms with E-state index in [1.54, 1.807) is 13.3 Å². The van der Waals surface area contributed by atoms with E-state index >= 15 is 0 Å². The van der Waals surface area contributed by atoms with Gasteiger partial charge in [-0.05, 0) is 36.8 Å². The predicted octanol–water partition coefficient (Wildman–Crippen LogP) is 3.77. The minimum absolute atomic E-state index is 0.319. The first kappa shape index (κ1) is 14.3. The highest BCUT2D eigenvalue weighted by atomic mass is 32.1. The summed E-state index contributed by atoms with van der Waals surface area (Å²) < 4.78 is 6.19. The second-order valence-corrected chi connectivity index (χ2v) is 5.63. The van der Waals surface area contributed by atoms with Crippen molar-refractivity contribution in [3.63, 3.8) is 0 Å². The fraction of sp³-hybridized carbons (Fsp3) is 0.133. The maximum Gasteiger partial charge on any atom is 0.410 e. The third kappa shape index (κ3) is 2.58. The first-order chi connectivity index (χ1) is 10.6. The summed E-state index contributed by atoms with van der Waals surface area (Å²) in [5.41, 5.74) is 3.53. The van der Waals surface area contributed by atoms with E-state index in [1.165, 1.54) is 11.3 Å². The van der Waals surface area contributed by atoms with E-state index in [9.17, 15) is 4.79 Å². The Bertz CT molecular complexity index is 860. The largest absolute Gasteiger partial charge is 0.494 e. The second-order valence-electron chi connectivity index (χ2n) is 4.63. The molecule has 2 N–H and O–H groups in total. The van der Waals surface area contributed by atoms with Crippen LogP contribution in [0.5, 0.6) is 5.75 Å². The molecule has 0 aliphatic heterocycles. The highest BCUT2D eigenvalue weighted by molar-refractivity contribution is 7.23. The number of ether oxygens (including phenoxy) is 1. The first-order valence-electron chi connectivity index (χ1n) is 6.49. The number of thiazole rings is 1. The molecule has 0 aliphatic rings. The van der Waals surface area contributed by atoms with Crippen LogP contribution >= 0.6 is 11.3 Å². The van der Waals surface area contributed by atoms with Gasteiger partial charge in [0.2, 0.25) is 0 Å². The van der Waals surface area contributed by atoms with E-state index in [4.69, 9.17) is 9.84 Å². The molecule has 1 aromatic carbocycles. The van der Waals surface area contributed by atoms with Crippen LogP contribution in [0.4, 0.5) is 9.93 Å². The smallest absolute Gasteiger partial charge is 0.410 e. The Morgan fingerprint density at radius 3 is 2.86 bits per heavy atom. The molecule has 0 saturated heterocycles. The third-order valence-corrected chi connectivity index (χ3v) is 4.15. The van der Waals surface area contributed by atoms with E-state index in [-0.39, 0.29) is 0 Å². The number of hydrogen-bond acceptors (Lipinski definition) is 5. The number of amides is 1. The van der Waals surface area contributed by atoms with Crippen LogP contribution in [-0.2, 0) is 0 Å². The predicted molar refractivity (Wildman–Crippen MR) is 85.8 cm³/mol. The van der Waals surface area contributed by atoms with Crippen LogP contribution in [-0.4, -0.2) is 28.3 Å². The number of pyridine rings is 1. The van der Waals surface area contributed by atoms with E-state index in [0.29, 0.717) is 16.4 Å². The Kier molecular flexibility index (Phi) is 3.64. The fourth-order valence-corrected chi connectivity index (χ4v) is 3.24. The van der Waals surface area contributed by atoms with Crippen LogP contribution in [0.2, 0.25) is 0 Å². The molecule has 1 amide bonds. The average Bonchev–Trinajstić information content (AvgIpc) is 2.88. The molecule has 0 bridgehead atoms. The molecule has 7 heteroatoms. The number of carbonyl (C=O) groups is 1. The zero-order valence-corrected chi connectivity index (χ0v) is 12.8. The number of nitrogens with zero attached hydrogens (tertiary/aromatic N) is 2. The van der Waals surface area contributed by atoms with Crippen molar-refractivity contribution in [3.8, 4) is 16.9 Å². The molecule has 0 unspecified atom stereocenters. The number of fused-ring (bicyclic) bond motifs is 1. The molecule has 22 heavy (non-hydrogen) atoms. The van der Waals surface area contributed by atoms with E-state index in [1.807, 2.05) is 31.2 Å². The molecular weight excluding hydrogens is 302 g/mol. The third-order valence-electron chi connectivity index (χ3n) is 3.15. The number of rotatable bonds is 3. The molecular formula is C15H13N3O3S. The lowest BCUT2D eigenvalue weighted by Gasteiger charge is -2.06. The molecule has 6 nitrogen and oxygen atoms in total. The van der Waals surface area contributed by atoms with Crippen LogP contribution < -0.4 is 10.1 Å². The average molecular weight is 315 g/mol. The van der Waals surface area contributed by atoms with Crippen molar-refractivity contribution in [1.82, 2.24) is 9.97 Å². The molecule has 0 atom stereocenters. The summed E-state index contributed by atoms with van der Waals surface area (Å²) in [6.45, 7) is 1.92. The number of aryl methyl sites for hydroxylation is 1. The van der Waals surface area contributed by atoms with Crippen LogP contribution in [0.3, 0.4) is 0 Å². The molecule has 0 radical (unpaired) electrons. The Labute approximate surface area is 130 Å². The normalized spacial score (nSPS) is 10.6. The lowest BCUT2D eigenvalue weighted by atomic mass is 10.1. The first-order valence-corrected chi connectivity index (χ1v) is 7.30. The van der Waals surface area contributed by atoms with Crippen molar-refractivity contribution in [3.05, 3.63) is 36.2 Å². The minimum Gasteiger partial charge on any atom is -0.494 e. The Balaban J connectivity index is 2.22. The molecule has 0 aliphatic carbocycles. The molecule has 2 aromatic heterocycles. The van der Waals surface area contributed by atoms with Crippen LogP contribution in [0, 0.1) is 6.92 Å². The van der Waals surface area contributed by atoms with Gasteiger partial charge in [0.25, 0.3) is 0 Å². The van der Waals surface area contributed by atoms with Gasteiger partial charge in [-0.1, -0.05) is 11.3 Å². The summed E-state index contributed by atoms with van der Waals surface area (Å²) in [5, 5.41) is 11.5. The highest BCUT2D eigenvalue weighted by Crippen LogP contribution is 2.39. The van der Waals surface area contributed by atoms with Crippen molar-refractivity contribution < 1.29 is 14.6 Å². The maximum atomic E-state index is 10.8. The number of benzene rings is 1. The summed E-state index contributed by atoms with van der Waals surface area (Å²) in [7, 11) is 1.56. The van der Waals surface area contributed by atoms with E-state index < -0.39 is 6.09 Å². The molecule has 2 heterocycles.